The third kappa shape index (κ3) is 4.40. The van der Waals surface area contributed by atoms with Crippen molar-refractivity contribution in [3.05, 3.63) is 76.6 Å². The third-order valence-corrected chi connectivity index (χ3v) is 6.08. The zero-order chi connectivity index (χ0) is 26.1. The number of nitrogens with zero attached hydrogens (tertiary/aromatic N) is 2. The number of hydrogen-bond acceptors (Lipinski definition) is 8. The molecular formula is C26H22FN3O7. The van der Waals surface area contributed by atoms with E-state index in [1.54, 1.807) is 36.4 Å². The molecule has 37 heavy (non-hydrogen) atoms. The molecule has 11 heteroatoms. The largest absolute Gasteiger partial charge is 0.493 e. The lowest BCUT2D eigenvalue weighted by Crippen LogP contribution is -2.30. The van der Waals surface area contributed by atoms with Crippen LogP contribution in [0, 0.1) is 5.82 Å². The molecule has 2 N–H and O–H groups in total. The van der Waals surface area contributed by atoms with Crippen LogP contribution in [0.3, 0.4) is 0 Å². The molecule has 0 aliphatic carbocycles. The van der Waals surface area contributed by atoms with Gasteiger partial charge in [0.1, 0.15) is 11.6 Å². The van der Waals surface area contributed by atoms with Gasteiger partial charge in [0.25, 0.3) is 11.8 Å². The number of carbonyl (C=O) groups is 2. The van der Waals surface area contributed by atoms with E-state index in [0.29, 0.717) is 50.9 Å². The number of amides is 2. The van der Waals surface area contributed by atoms with Crippen LogP contribution in [0.5, 0.6) is 17.2 Å². The Bertz CT molecular complexity index is 1440. The molecule has 0 aromatic heterocycles. The number of methoxy groups -OCH3 is 2. The molecule has 0 saturated heterocycles. The van der Waals surface area contributed by atoms with E-state index in [4.69, 9.17) is 18.9 Å². The number of oxime groups is 1. The number of nitrogens with one attached hydrogen (secondary N) is 1. The van der Waals surface area contributed by atoms with Gasteiger partial charge in [-0.3, -0.25) is 9.59 Å². The van der Waals surface area contributed by atoms with Gasteiger partial charge in [-0.1, -0.05) is 5.16 Å². The Balaban J connectivity index is 1.46. The second kappa shape index (κ2) is 9.78. The van der Waals surface area contributed by atoms with Crippen molar-refractivity contribution in [2.75, 3.05) is 31.2 Å². The lowest BCUT2D eigenvalue weighted by atomic mass is 10.1. The maximum absolute atomic E-state index is 14.3. The van der Waals surface area contributed by atoms with E-state index in [0.717, 1.165) is 0 Å². The fraction of sp³-hybridized carbons (Fsp3) is 0.192. The standard InChI is InChI=1S/C26H22FN3O7/c1-34-21-6-3-14(9-22(21)35-2)25(31)28-18-4-5-19-20(10-18)30(26(32)23(19)29-33)11-15-7-17(27)8-16-12-36-13-37-24(15)16/h3-10,33H,11-13H2,1-2H3,(H,28,31)/b29-23-. The van der Waals surface area contributed by atoms with Crippen molar-refractivity contribution < 1.29 is 38.1 Å². The van der Waals surface area contributed by atoms with Crippen molar-refractivity contribution >= 4 is 28.9 Å². The summed E-state index contributed by atoms with van der Waals surface area (Å²) in [6, 6.07) is 12.1. The van der Waals surface area contributed by atoms with Gasteiger partial charge in [0, 0.05) is 27.9 Å². The van der Waals surface area contributed by atoms with Crippen LogP contribution in [0.25, 0.3) is 0 Å². The van der Waals surface area contributed by atoms with Gasteiger partial charge in [0.2, 0.25) is 0 Å². The van der Waals surface area contributed by atoms with Crippen molar-refractivity contribution in [2.24, 2.45) is 5.16 Å². The molecule has 2 aliphatic heterocycles. The number of halogens is 1. The van der Waals surface area contributed by atoms with Crippen molar-refractivity contribution in [2.45, 2.75) is 13.2 Å². The molecule has 0 unspecified atom stereocenters. The number of carbonyl (C=O) groups excluding carboxylic acids is 2. The van der Waals surface area contributed by atoms with E-state index in [9.17, 15) is 19.2 Å². The van der Waals surface area contributed by atoms with Crippen molar-refractivity contribution in [3.8, 4) is 17.2 Å². The maximum Gasteiger partial charge on any atom is 0.281 e. The highest BCUT2D eigenvalue weighted by atomic mass is 19.1. The van der Waals surface area contributed by atoms with Gasteiger partial charge in [-0.05, 0) is 48.5 Å². The molecule has 0 radical (unpaired) electrons. The first-order valence-electron chi connectivity index (χ1n) is 11.2. The quantitative estimate of drug-likeness (QED) is 0.386. The van der Waals surface area contributed by atoms with Gasteiger partial charge in [0.15, 0.2) is 24.0 Å². The summed E-state index contributed by atoms with van der Waals surface area (Å²) in [7, 11) is 2.97. The number of anilines is 2. The predicted molar refractivity (Wildman–Crippen MR) is 130 cm³/mol. The summed E-state index contributed by atoms with van der Waals surface area (Å²) in [6.07, 6.45) is 0. The highest BCUT2D eigenvalue weighted by Gasteiger charge is 2.36. The molecule has 0 saturated carbocycles. The number of ether oxygens (including phenoxy) is 4. The third-order valence-electron chi connectivity index (χ3n) is 6.08. The summed E-state index contributed by atoms with van der Waals surface area (Å²) in [5.41, 5.74) is 2.26. The monoisotopic (exact) mass is 507 g/mol. The second-order valence-electron chi connectivity index (χ2n) is 8.26. The minimum absolute atomic E-state index is 0.00579. The zero-order valence-electron chi connectivity index (χ0n) is 19.9. The topological polar surface area (TPSA) is 119 Å². The second-order valence-corrected chi connectivity index (χ2v) is 8.26. The van der Waals surface area contributed by atoms with Crippen LogP contribution in [-0.4, -0.2) is 43.7 Å². The summed E-state index contributed by atoms with van der Waals surface area (Å²) in [5.74, 6) is -0.172. The van der Waals surface area contributed by atoms with Crippen LogP contribution in [0.4, 0.5) is 15.8 Å². The lowest BCUT2D eigenvalue weighted by Gasteiger charge is -2.24. The molecular weight excluding hydrogens is 485 g/mol. The van der Waals surface area contributed by atoms with Crippen LogP contribution >= 0.6 is 0 Å². The average Bonchev–Trinajstić information content (AvgIpc) is 3.17. The summed E-state index contributed by atoms with van der Waals surface area (Å²) in [4.78, 5) is 27.4. The van der Waals surface area contributed by atoms with E-state index in [-0.39, 0.29) is 25.7 Å². The molecule has 0 bridgehead atoms. The van der Waals surface area contributed by atoms with E-state index < -0.39 is 17.6 Å². The Kier molecular flexibility index (Phi) is 6.36. The van der Waals surface area contributed by atoms with Crippen molar-refractivity contribution in [1.82, 2.24) is 0 Å². The van der Waals surface area contributed by atoms with Gasteiger partial charge in [-0.2, -0.15) is 0 Å². The van der Waals surface area contributed by atoms with Crippen LogP contribution in [0.2, 0.25) is 0 Å². The van der Waals surface area contributed by atoms with Crippen LogP contribution in [0.15, 0.2) is 53.7 Å². The molecule has 2 heterocycles. The van der Waals surface area contributed by atoms with Gasteiger partial charge < -0.3 is 34.4 Å². The summed E-state index contributed by atoms with van der Waals surface area (Å²) >= 11 is 0. The average molecular weight is 507 g/mol. The Labute approximate surface area is 210 Å². The number of benzene rings is 3. The first kappa shape index (κ1) is 24.1. The minimum Gasteiger partial charge on any atom is -0.493 e. The van der Waals surface area contributed by atoms with Crippen LogP contribution < -0.4 is 24.4 Å². The zero-order valence-corrected chi connectivity index (χ0v) is 19.9. The van der Waals surface area contributed by atoms with Crippen LogP contribution in [0.1, 0.15) is 27.0 Å². The first-order valence-corrected chi connectivity index (χ1v) is 11.2. The fourth-order valence-corrected chi connectivity index (χ4v) is 4.36. The van der Waals surface area contributed by atoms with Gasteiger partial charge in [-0.15, -0.1) is 0 Å². The van der Waals surface area contributed by atoms with Crippen LogP contribution in [-0.2, 0) is 22.7 Å². The minimum atomic E-state index is -0.578. The molecule has 2 amide bonds. The van der Waals surface area contributed by atoms with Gasteiger partial charge >= 0.3 is 0 Å². The molecule has 2 aliphatic rings. The number of fused-ring (bicyclic) bond motifs is 2. The molecule has 3 aromatic rings. The Morgan fingerprint density at radius 3 is 2.70 bits per heavy atom. The maximum atomic E-state index is 14.3. The molecule has 0 atom stereocenters. The molecule has 5 rings (SSSR count). The van der Waals surface area contributed by atoms with Crippen molar-refractivity contribution in [1.29, 1.82) is 0 Å². The SMILES string of the molecule is COc1ccc(C(=O)Nc2ccc3c(c2)N(Cc2cc(F)cc4c2OCOC4)C(=O)/C3=N\O)cc1OC. The summed E-state index contributed by atoms with van der Waals surface area (Å²) in [6.45, 7) is 0.129. The smallest absolute Gasteiger partial charge is 0.281 e. The number of hydrogen-bond donors (Lipinski definition) is 2. The van der Waals surface area contributed by atoms with E-state index >= 15 is 0 Å². The van der Waals surface area contributed by atoms with E-state index in [1.807, 2.05) is 0 Å². The Morgan fingerprint density at radius 2 is 1.95 bits per heavy atom. The molecule has 3 aromatic carbocycles. The molecule has 10 nitrogen and oxygen atoms in total. The molecule has 190 valence electrons. The molecule has 0 spiro atoms. The predicted octanol–water partition coefficient (Wildman–Crippen LogP) is 3.69. The summed E-state index contributed by atoms with van der Waals surface area (Å²) < 4.78 is 35.6. The van der Waals surface area contributed by atoms with E-state index in [1.165, 1.54) is 31.3 Å². The fourth-order valence-electron chi connectivity index (χ4n) is 4.36. The van der Waals surface area contributed by atoms with Gasteiger partial charge in [0.05, 0.1) is 33.1 Å². The highest BCUT2D eigenvalue weighted by Crippen LogP contribution is 2.37. The van der Waals surface area contributed by atoms with Gasteiger partial charge in [-0.25, -0.2) is 4.39 Å². The van der Waals surface area contributed by atoms with Crippen molar-refractivity contribution in [3.63, 3.8) is 0 Å². The van der Waals surface area contributed by atoms with E-state index in [2.05, 4.69) is 10.5 Å². The summed E-state index contributed by atoms with van der Waals surface area (Å²) in [5, 5.41) is 15.5. The normalized spacial score (nSPS) is 15.2. The lowest BCUT2D eigenvalue weighted by molar-refractivity contribution is -0.112. The highest BCUT2D eigenvalue weighted by molar-refractivity contribution is 6.54. The number of rotatable bonds is 6. The Morgan fingerprint density at radius 1 is 1.14 bits per heavy atom. The molecule has 0 fully saturated rings. The first-order chi connectivity index (χ1) is 17.9. The Hall–Kier alpha value is -4.64.